The van der Waals surface area contributed by atoms with E-state index in [2.05, 4.69) is 55.1 Å². The molecule has 2 aromatic rings. The van der Waals surface area contributed by atoms with Gasteiger partial charge in [0.05, 0.1) is 0 Å². The molecule has 0 fully saturated rings. The molecule has 2 rings (SSSR count). The second-order valence-corrected chi connectivity index (χ2v) is 4.76. The van der Waals surface area contributed by atoms with E-state index in [1.54, 1.807) is 0 Å². The van der Waals surface area contributed by atoms with E-state index in [1.807, 2.05) is 13.0 Å². The number of hydrogen-bond acceptors (Lipinski definition) is 1. The van der Waals surface area contributed by atoms with Crippen LogP contribution in [0.25, 0.3) is 11.1 Å². The average Bonchev–Trinajstić information content (AvgIpc) is 2.39. The first kappa shape index (κ1) is 12.6. The molecular formula is C17H19N. The Balaban J connectivity index is 2.28. The molecule has 0 saturated carbocycles. The first-order chi connectivity index (χ1) is 8.66. The quantitative estimate of drug-likeness (QED) is 0.787. The Morgan fingerprint density at radius 3 is 2.39 bits per heavy atom. The van der Waals surface area contributed by atoms with Gasteiger partial charge in [-0.25, -0.2) is 0 Å². The molecule has 0 spiro atoms. The standard InChI is InChI=1S/C17H19N/c1-13(2)11-17(18)16-10-6-9-15(12-16)14-7-4-3-5-8-14/h3-10,12,17H,1,11,18H2,2H3/t17-/m1/s1. The van der Waals surface area contributed by atoms with Crippen LogP contribution >= 0.6 is 0 Å². The topological polar surface area (TPSA) is 26.0 Å². The fraction of sp³-hybridized carbons (Fsp3) is 0.176. The van der Waals surface area contributed by atoms with Crippen LogP contribution in [0.15, 0.2) is 66.7 Å². The van der Waals surface area contributed by atoms with Crippen molar-refractivity contribution in [3.05, 3.63) is 72.3 Å². The van der Waals surface area contributed by atoms with Crippen molar-refractivity contribution in [2.45, 2.75) is 19.4 Å². The second kappa shape index (κ2) is 5.65. The predicted molar refractivity (Wildman–Crippen MR) is 78.2 cm³/mol. The van der Waals surface area contributed by atoms with Crippen LogP contribution in [0.1, 0.15) is 24.9 Å². The Kier molecular flexibility index (Phi) is 3.96. The van der Waals surface area contributed by atoms with Gasteiger partial charge in [0.2, 0.25) is 0 Å². The van der Waals surface area contributed by atoms with Gasteiger partial charge in [0.15, 0.2) is 0 Å². The van der Waals surface area contributed by atoms with E-state index in [9.17, 15) is 0 Å². The van der Waals surface area contributed by atoms with Crippen LogP contribution in [-0.4, -0.2) is 0 Å². The van der Waals surface area contributed by atoms with Crippen molar-refractivity contribution in [1.29, 1.82) is 0 Å². The number of hydrogen-bond donors (Lipinski definition) is 1. The summed E-state index contributed by atoms with van der Waals surface area (Å²) < 4.78 is 0. The van der Waals surface area contributed by atoms with Crippen LogP contribution in [0.3, 0.4) is 0 Å². The van der Waals surface area contributed by atoms with Crippen LogP contribution in [0.5, 0.6) is 0 Å². The third-order valence-electron chi connectivity index (χ3n) is 2.99. The van der Waals surface area contributed by atoms with E-state index in [-0.39, 0.29) is 6.04 Å². The minimum Gasteiger partial charge on any atom is -0.324 e. The molecule has 0 bridgehead atoms. The van der Waals surface area contributed by atoms with E-state index in [0.717, 1.165) is 12.0 Å². The molecule has 1 nitrogen and oxygen atoms in total. The number of nitrogens with two attached hydrogens (primary N) is 1. The summed E-state index contributed by atoms with van der Waals surface area (Å²) in [6, 6.07) is 18.8. The Bertz CT molecular complexity index is 528. The molecule has 1 heteroatoms. The molecule has 0 amide bonds. The summed E-state index contributed by atoms with van der Waals surface area (Å²) >= 11 is 0. The van der Waals surface area contributed by atoms with Crippen molar-refractivity contribution in [2.24, 2.45) is 5.73 Å². The Morgan fingerprint density at radius 1 is 1.06 bits per heavy atom. The van der Waals surface area contributed by atoms with E-state index in [0.29, 0.717) is 0 Å². The van der Waals surface area contributed by atoms with Gasteiger partial charge in [-0.15, -0.1) is 6.58 Å². The van der Waals surface area contributed by atoms with Gasteiger partial charge in [0.25, 0.3) is 0 Å². The van der Waals surface area contributed by atoms with Crippen LogP contribution < -0.4 is 5.73 Å². The molecule has 2 N–H and O–H groups in total. The molecule has 2 aromatic carbocycles. The third-order valence-corrected chi connectivity index (χ3v) is 2.99. The molecule has 0 aliphatic heterocycles. The first-order valence-corrected chi connectivity index (χ1v) is 6.22. The summed E-state index contributed by atoms with van der Waals surface area (Å²) in [5.74, 6) is 0. The SMILES string of the molecule is C=C(C)C[C@@H](N)c1cccc(-c2ccccc2)c1. The van der Waals surface area contributed by atoms with Gasteiger partial charge in [0, 0.05) is 6.04 Å². The summed E-state index contributed by atoms with van der Waals surface area (Å²) in [7, 11) is 0. The van der Waals surface area contributed by atoms with Gasteiger partial charge >= 0.3 is 0 Å². The molecule has 92 valence electrons. The predicted octanol–water partition coefficient (Wildman–Crippen LogP) is 4.32. The van der Waals surface area contributed by atoms with Crippen LogP contribution in [-0.2, 0) is 0 Å². The second-order valence-electron chi connectivity index (χ2n) is 4.76. The summed E-state index contributed by atoms with van der Waals surface area (Å²) in [6.07, 6.45) is 0.832. The molecule has 1 atom stereocenters. The minimum atomic E-state index is 0.0335. The van der Waals surface area contributed by atoms with E-state index in [4.69, 9.17) is 5.73 Å². The largest absolute Gasteiger partial charge is 0.324 e. The van der Waals surface area contributed by atoms with Gasteiger partial charge in [-0.2, -0.15) is 0 Å². The van der Waals surface area contributed by atoms with E-state index >= 15 is 0 Å². The van der Waals surface area contributed by atoms with E-state index in [1.165, 1.54) is 16.7 Å². The molecule has 0 unspecified atom stereocenters. The fourth-order valence-corrected chi connectivity index (χ4v) is 2.07. The highest BCUT2D eigenvalue weighted by Gasteiger charge is 2.07. The highest BCUT2D eigenvalue weighted by molar-refractivity contribution is 5.64. The van der Waals surface area contributed by atoms with Gasteiger partial charge in [-0.1, -0.05) is 54.1 Å². The lowest BCUT2D eigenvalue weighted by Crippen LogP contribution is -2.10. The highest BCUT2D eigenvalue weighted by atomic mass is 14.6. The molecule has 0 aromatic heterocycles. The van der Waals surface area contributed by atoms with Crippen molar-refractivity contribution in [3.63, 3.8) is 0 Å². The maximum Gasteiger partial charge on any atom is 0.0332 e. The lowest BCUT2D eigenvalue weighted by molar-refractivity contribution is 0.717. The van der Waals surface area contributed by atoms with Crippen LogP contribution in [0.4, 0.5) is 0 Å². The lowest BCUT2D eigenvalue weighted by Gasteiger charge is -2.13. The number of benzene rings is 2. The smallest absolute Gasteiger partial charge is 0.0332 e. The zero-order valence-electron chi connectivity index (χ0n) is 10.8. The van der Waals surface area contributed by atoms with Gasteiger partial charge in [0.1, 0.15) is 0 Å². The number of rotatable bonds is 4. The van der Waals surface area contributed by atoms with Crippen LogP contribution in [0.2, 0.25) is 0 Å². The molecule has 0 aliphatic rings. The Labute approximate surface area is 109 Å². The van der Waals surface area contributed by atoms with Crippen LogP contribution in [0, 0.1) is 0 Å². The maximum atomic E-state index is 6.18. The molecular weight excluding hydrogens is 218 g/mol. The zero-order chi connectivity index (χ0) is 13.0. The summed E-state index contributed by atoms with van der Waals surface area (Å²) in [6.45, 7) is 5.94. The van der Waals surface area contributed by atoms with Gasteiger partial charge in [-0.3, -0.25) is 0 Å². The van der Waals surface area contributed by atoms with Crippen molar-refractivity contribution in [1.82, 2.24) is 0 Å². The highest BCUT2D eigenvalue weighted by Crippen LogP contribution is 2.24. The normalized spacial score (nSPS) is 12.1. The molecule has 0 saturated heterocycles. The van der Waals surface area contributed by atoms with Gasteiger partial charge < -0.3 is 5.73 Å². The summed E-state index contributed by atoms with van der Waals surface area (Å²) in [5.41, 5.74) is 10.9. The third kappa shape index (κ3) is 3.08. The van der Waals surface area contributed by atoms with Crippen molar-refractivity contribution in [3.8, 4) is 11.1 Å². The molecule has 0 aliphatic carbocycles. The first-order valence-electron chi connectivity index (χ1n) is 6.22. The summed E-state index contributed by atoms with van der Waals surface area (Å²) in [5, 5.41) is 0. The van der Waals surface area contributed by atoms with Crippen molar-refractivity contribution < 1.29 is 0 Å². The van der Waals surface area contributed by atoms with Gasteiger partial charge in [-0.05, 0) is 36.1 Å². The maximum absolute atomic E-state index is 6.18. The fourth-order valence-electron chi connectivity index (χ4n) is 2.07. The Hall–Kier alpha value is -1.86. The monoisotopic (exact) mass is 237 g/mol. The molecule has 0 heterocycles. The average molecular weight is 237 g/mol. The molecule has 18 heavy (non-hydrogen) atoms. The van der Waals surface area contributed by atoms with E-state index < -0.39 is 0 Å². The minimum absolute atomic E-state index is 0.0335. The lowest BCUT2D eigenvalue weighted by atomic mass is 9.97. The Morgan fingerprint density at radius 2 is 1.72 bits per heavy atom. The summed E-state index contributed by atoms with van der Waals surface area (Å²) in [4.78, 5) is 0. The van der Waals surface area contributed by atoms with Crippen molar-refractivity contribution in [2.75, 3.05) is 0 Å². The zero-order valence-corrected chi connectivity index (χ0v) is 10.8. The molecule has 0 radical (unpaired) electrons. The van der Waals surface area contributed by atoms with Crippen molar-refractivity contribution >= 4 is 0 Å².